The molecule has 4 nitrogen and oxygen atoms in total. The van der Waals surface area contributed by atoms with Crippen molar-refractivity contribution in [3.8, 4) is 11.5 Å². The molecule has 0 unspecified atom stereocenters. The monoisotopic (exact) mass is 340 g/mol. The molecule has 6 heteroatoms. The van der Waals surface area contributed by atoms with E-state index in [-0.39, 0.29) is 5.84 Å². The average Bonchev–Trinajstić information content (AvgIpc) is 2.38. The Morgan fingerprint density at radius 3 is 2.74 bits per heavy atom. The summed E-state index contributed by atoms with van der Waals surface area (Å²) in [4.78, 5) is 0. The van der Waals surface area contributed by atoms with Gasteiger partial charge in [-0.05, 0) is 36.4 Å². The Kier molecular flexibility index (Phi) is 4.29. The number of ether oxygens (including phenoxy) is 1. The molecule has 0 aliphatic heterocycles. The van der Waals surface area contributed by atoms with Gasteiger partial charge in [0, 0.05) is 9.50 Å². The Balaban J connectivity index is 2.41. The Bertz CT molecular complexity index is 632. The van der Waals surface area contributed by atoms with Crippen LogP contribution in [0.4, 0.5) is 0 Å². The smallest absolute Gasteiger partial charge is 0.173 e. The van der Waals surface area contributed by atoms with E-state index in [0.717, 1.165) is 4.47 Å². The van der Waals surface area contributed by atoms with E-state index in [1.807, 2.05) is 0 Å². The third-order valence-electron chi connectivity index (χ3n) is 2.35. The van der Waals surface area contributed by atoms with Crippen LogP contribution in [0.1, 0.15) is 5.56 Å². The van der Waals surface area contributed by atoms with E-state index >= 15 is 0 Å². The minimum Gasteiger partial charge on any atom is -0.457 e. The fourth-order valence-corrected chi connectivity index (χ4v) is 2.02. The van der Waals surface area contributed by atoms with E-state index in [9.17, 15) is 0 Å². The molecule has 0 fully saturated rings. The van der Waals surface area contributed by atoms with Crippen LogP contribution in [0.25, 0.3) is 0 Å². The fraction of sp³-hybridized carbons (Fsp3) is 0. The third kappa shape index (κ3) is 3.39. The van der Waals surface area contributed by atoms with Gasteiger partial charge in [0.2, 0.25) is 0 Å². The maximum Gasteiger partial charge on any atom is 0.173 e. The standard InChI is InChI=1S/C13H10BrClN2O2/c14-8-4-5-11(13(16)17-18)12(6-8)19-10-3-1-2-9(15)7-10/h1-7,18H,(H2,16,17). The van der Waals surface area contributed by atoms with Crippen molar-refractivity contribution in [1.82, 2.24) is 0 Å². The number of nitrogens with zero attached hydrogens (tertiary/aromatic N) is 1. The van der Waals surface area contributed by atoms with Gasteiger partial charge < -0.3 is 15.7 Å². The molecule has 0 saturated heterocycles. The lowest BCUT2D eigenvalue weighted by atomic mass is 10.2. The zero-order chi connectivity index (χ0) is 13.8. The molecular weight excluding hydrogens is 332 g/mol. The summed E-state index contributed by atoms with van der Waals surface area (Å²) in [5.41, 5.74) is 6.10. The molecule has 0 radical (unpaired) electrons. The van der Waals surface area contributed by atoms with Gasteiger partial charge in [0.25, 0.3) is 0 Å². The van der Waals surface area contributed by atoms with Crippen LogP contribution in [0.2, 0.25) is 5.02 Å². The third-order valence-corrected chi connectivity index (χ3v) is 3.08. The van der Waals surface area contributed by atoms with Gasteiger partial charge in [0.05, 0.1) is 5.56 Å². The minimum atomic E-state index is -0.0236. The summed E-state index contributed by atoms with van der Waals surface area (Å²) in [5, 5.41) is 12.3. The fourth-order valence-electron chi connectivity index (χ4n) is 1.50. The number of nitrogens with two attached hydrogens (primary N) is 1. The van der Waals surface area contributed by atoms with Crippen LogP contribution in [-0.2, 0) is 0 Å². The molecule has 0 atom stereocenters. The lowest BCUT2D eigenvalue weighted by molar-refractivity contribution is 0.318. The highest BCUT2D eigenvalue weighted by molar-refractivity contribution is 9.10. The number of hydrogen-bond donors (Lipinski definition) is 2. The summed E-state index contributed by atoms with van der Waals surface area (Å²) in [6.45, 7) is 0. The topological polar surface area (TPSA) is 67.8 Å². The maximum atomic E-state index is 8.77. The van der Waals surface area contributed by atoms with E-state index in [1.54, 1.807) is 42.5 Å². The predicted octanol–water partition coefficient (Wildman–Crippen LogP) is 3.99. The van der Waals surface area contributed by atoms with Crippen LogP contribution in [0.3, 0.4) is 0 Å². The second-order valence-electron chi connectivity index (χ2n) is 3.69. The van der Waals surface area contributed by atoms with Gasteiger partial charge in [-0.2, -0.15) is 0 Å². The largest absolute Gasteiger partial charge is 0.457 e. The van der Waals surface area contributed by atoms with Gasteiger partial charge in [-0.1, -0.05) is 38.8 Å². The molecule has 0 spiro atoms. The quantitative estimate of drug-likeness (QED) is 0.384. The molecule has 0 aliphatic carbocycles. The highest BCUT2D eigenvalue weighted by atomic mass is 79.9. The van der Waals surface area contributed by atoms with Crippen LogP contribution in [0, 0.1) is 0 Å². The molecule has 0 saturated carbocycles. The van der Waals surface area contributed by atoms with E-state index in [2.05, 4.69) is 21.1 Å². The molecule has 2 aromatic rings. The van der Waals surface area contributed by atoms with Crippen molar-refractivity contribution in [2.75, 3.05) is 0 Å². The first-order chi connectivity index (χ1) is 9.10. The summed E-state index contributed by atoms with van der Waals surface area (Å²) >= 11 is 9.24. The van der Waals surface area contributed by atoms with Crippen LogP contribution in [0.5, 0.6) is 11.5 Å². The van der Waals surface area contributed by atoms with Gasteiger partial charge >= 0.3 is 0 Å². The molecule has 0 heterocycles. The second-order valence-corrected chi connectivity index (χ2v) is 5.04. The minimum absolute atomic E-state index is 0.0236. The average molecular weight is 342 g/mol. The summed E-state index contributed by atoms with van der Waals surface area (Å²) in [6, 6.07) is 12.2. The highest BCUT2D eigenvalue weighted by Crippen LogP contribution is 2.29. The van der Waals surface area contributed by atoms with Crippen LogP contribution < -0.4 is 10.5 Å². The van der Waals surface area contributed by atoms with Crippen LogP contribution >= 0.6 is 27.5 Å². The number of halogens is 2. The van der Waals surface area contributed by atoms with E-state index in [1.165, 1.54) is 0 Å². The normalized spacial score (nSPS) is 11.4. The Morgan fingerprint density at radius 1 is 1.26 bits per heavy atom. The van der Waals surface area contributed by atoms with Gasteiger partial charge in [0.1, 0.15) is 11.5 Å². The number of amidine groups is 1. The first-order valence-electron chi connectivity index (χ1n) is 5.31. The zero-order valence-corrected chi connectivity index (χ0v) is 12.0. The molecule has 98 valence electrons. The van der Waals surface area contributed by atoms with Crippen LogP contribution in [-0.4, -0.2) is 11.0 Å². The van der Waals surface area contributed by atoms with Crippen molar-refractivity contribution in [3.05, 3.63) is 57.5 Å². The number of hydrogen-bond acceptors (Lipinski definition) is 3. The first kappa shape index (κ1) is 13.7. The summed E-state index contributed by atoms with van der Waals surface area (Å²) < 4.78 is 6.53. The number of benzene rings is 2. The SMILES string of the molecule is N/C(=N/O)c1ccc(Br)cc1Oc1cccc(Cl)c1. The van der Waals surface area contributed by atoms with E-state index in [4.69, 9.17) is 27.3 Å². The molecule has 0 aromatic heterocycles. The van der Waals surface area contributed by atoms with Crippen molar-refractivity contribution < 1.29 is 9.94 Å². The first-order valence-corrected chi connectivity index (χ1v) is 6.48. The summed E-state index contributed by atoms with van der Waals surface area (Å²) in [5.74, 6) is 1.01. The Morgan fingerprint density at radius 2 is 2.05 bits per heavy atom. The van der Waals surface area contributed by atoms with Crippen molar-refractivity contribution in [1.29, 1.82) is 0 Å². The van der Waals surface area contributed by atoms with Crippen LogP contribution in [0.15, 0.2) is 52.1 Å². The van der Waals surface area contributed by atoms with E-state index in [0.29, 0.717) is 22.1 Å². The van der Waals surface area contributed by atoms with Gasteiger partial charge in [0.15, 0.2) is 5.84 Å². The zero-order valence-electron chi connectivity index (χ0n) is 9.68. The summed E-state index contributed by atoms with van der Waals surface area (Å²) in [7, 11) is 0. The molecule has 0 aliphatic rings. The Labute approximate surface area is 123 Å². The highest BCUT2D eigenvalue weighted by Gasteiger charge is 2.10. The van der Waals surface area contributed by atoms with Crippen molar-refractivity contribution in [3.63, 3.8) is 0 Å². The van der Waals surface area contributed by atoms with E-state index < -0.39 is 0 Å². The molecule has 19 heavy (non-hydrogen) atoms. The maximum absolute atomic E-state index is 8.77. The van der Waals surface area contributed by atoms with Gasteiger partial charge in [-0.15, -0.1) is 0 Å². The second kappa shape index (κ2) is 5.95. The van der Waals surface area contributed by atoms with Crippen molar-refractivity contribution >= 4 is 33.4 Å². The van der Waals surface area contributed by atoms with Gasteiger partial charge in [-0.3, -0.25) is 0 Å². The molecule has 0 bridgehead atoms. The number of rotatable bonds is 3. The van der Waals surface area contributed by atoms with Crippen molar-refractivity contribution in [2.24, 2.45) is 10.9 Å². The molecule has 2 aromatic carbocycles. The Hall–Kier alpha value is -1.72. The molecule has 2 rings (SSSR count). The summed E-state index contributed by atoms with van der Waals surface area (Å²) in [6.07, 6.45) is 0. The molecule has 3 N–H and O–H groups in total. The molecule has 0 amide bonds. The number of oxime groups is 1. The van der Waals surface area contributed by atoms with Gasteiger partial charge in [-0.25, -0.2) is 0 Å². The lowest BCUT2D eigenvalue weighted by Gasteiger charge is -2.11. The lowest BCUT2D eigenvalue weighted by Crippen LogP contribution is -2.14. The molecular formula is C13H10BrClN2O2. The van der Waals surface area contributed by atoms with Crippen molar-refractivity contribution in [2.45, 2.75) is 0 Å². The predicted molar refractivity (Wildman–Crippen MR) is 78.2 cm³/mol.